The molecular weight excluding hydrogens is 228 g/mol. The van der Waals surface area contributed by atoms with Gasteiger partial charge < -0.3 is 5.73 Å². The maximum atomic E-state index is 5.83. The Labute approximate surface area is 108 Å². The minimum atomic E-state index is 0.601. The fourth-order valence-electron chi connectivity index (χ4n) is 2.56. The second-order valence-corrected chi connectivity index (χ2v) is 6.42. The van der Waals surface area contributed by atoms with Crippen LogP contribution < -0.4 is 5.73 Å². The third-order valence-corrected chi connectivity index (χ3v) is 4.96. The molecule has 1 aromatic heterocycles. The highest BCUT2D eigenvalue weighted by atomic mass is 32.2. The Bertz CT molecular complexity index is 378. The number of nitrogens with zero attached hydrogens (tertiary/aromatic N) is 1. The molecule has 0 amide bonds. The van der Waals surface area contributed by atoms with E-state index in [1.165, 1.54) is 36.8 Å². The summed E-state index contributed by atoms with van der Waals surface area (Å²) in [4.78, 5) is 4.51. The minimum Gasteiger partial charge on any atom is -0.326 e. The molecule has 1 aliphatic carbocycles. The molecule has 1 saturated carbocycles. The van der Waals surface area contributed by atoms with Gasteiger partial charge in [0.1, 0.15) is 5.03 Å². The molecule has 0 radical (unpaired) electrons. The lowest BCUT2D eigenvalue weighted by Gasteiger charge is -2.26. The molecule has 0 aromatic carbocycles. The van der Waals surface area contributed by atoms with Crippen LogP contribution in [0.2, 0.25) is 0 Å². The fourth-order valence-corrected chi connectivity index (χ4v) is 4.09. The normalized spacial score (nSPS) is 24.9. The number of thioether (sulfide) groups is 1. The zero-order valence-corrected chi connectivity index (χ0v) is 11.6. The highest BCUT2D eigenvalue weighted by Gasteiger charge is 2.21. The smallest absolute Gasteiger partial charge is 0.101 e. The Morgan fingerprint density at radius 3 is 3.00 bits per heavy atom. The van der Waals surface area contributed by atoms with Crippen LogP contribution in [0, 0.1) is 12.8 Å². The summed E-state index contributed by atoms with van der Waals surface area (Å²) in [5.41, 5.74) is 8.33. The number of aryl methyl sites for hydroxylation is 1. The molecule has 17 heavy (non-hydrogen) atoms. The van der Waals surface area contributed by atoms with Crippen molar-refractivity contribution in [2.75, 3.05) is 0 Å². The fraction of sp³-hybridized carbons (Fsp3) is 0.643. The molecule has 3 heteroatoms. The van der Waals surface area contributed by atoms with Crippen LogP contribution in [-0.4, -0.2) is 10.2 Å². The molecule has 2 N–H and O–H groups in total. The Balaban J connectivity index is 2.10. The molecule has 0 aliphatic heterocycles. The SMILES string of the molecule is Cc1ccnc(SC2CCCC(C)C2)c1CN. The van der Waals surface area contributed by atoms with Crippen molar-refractivity contribution in [1.29, 1.82) is 0 Å². The van der Waals surface area contributed by atoms with E-state index in [1.807, 2.05) is 18.0 Å². The van der Waals surface area contributed by atoms with E-state index in [2.05, 4.69) is 24.9 Å². The molecule has 2 unspecified atom stereocenters. The van der Waals surface area contributed by atoms with Crippen molar-refractivity contribution in [2.45, 2.75) is 56.4 Å². The van der Waals surface area contributed by atoms with Crippen molar-refractivity contribution in [3.8, 4) is 0 Å². The van der Waals surface area contributed by atoms with Crippen molar-refractivity contribution in [3.05, 3.63) is 23.4 Å². The Morgan fingerprint density at radius 1 is 1.47 bits per heavy atom. The maximum absolute atomic E-state index is 5.83. The number of pyridine rings is 1. The summed E-state index contributed by atoms with van der Waals surface area (Å²) in [5.74, 6) is 0.868. The molecule has 0 bridgehead atoms. The van der Waals surface area contributed by atoms with Crippen LogP contribution in [0.25, 0.3) is 0 Å². The van der Waals surface area contributed by atoms with Gasteiger partial charge in [-0.05, 0) is 37.3 Å². The molecule has 1 heterocycles. The van der Waals surface area contributed by atoms with Crippen molar-refractivity contribution in [1.82, 2.24) is 4.98 Å². The Hall–Kier alpha value is -0.540. The zero-order valence-electron chi connectivity index (χ0n) is 10.8. The van der Waals surface area contributed by atoms with Gasteiger partial charge >= 0.3 is 0 Å². The van der Waals surface area contributed by atoms with Gasteiger partial charge in [-0.2, -0.15) is 0 Å². The third kappa shape index (κ3) is 3.23. The average molecular weight is 250 g/mol. The van der Waals surface area contributed by atoms with Crippen molar-refractivity contribution < 1.29 is 0 Å². The van der Waals surface area contributed by atoms with E-state index in [0.717, 1.165) is 16.2 Å². The van der Waals surface area contributed by atoms with Gasteiger partial charge in [-0.3, -0.25) is 0 Å². The molecule has 2 atom stereocenters. The summed E-state index contributed by atoms with van der Waals surface area (Å²) in [6, 6.07) is 2.05. The van der Waals surface area contributed by atoms with Crippen LogP contribution in [0.4, 0.5) is 0 Å². The van der Waals surface area contributed by atoms with Crippen LogP contribution in [0.1, 0.15) is 43.7 Å². The van der Waals surface area contributed by atoms with E-state index in [1.54, 1.807) is 0 Å². The van der Waals surface area contributed by atoms with E-state index in [0.29, 0.717) is 6.54 Å². The number of hydrogen-bond acceptors (Lipinski definition) is 3. The molecular formula is C14H22N2S. The number of aromatic nitrogens is 1. The molecule has 0 spiro atoms. The predicted octanol–water partition coefficient (Wildman–Crippen LogP) is 3.52. The lowest BCUT2D eigenvalue weighted by atomic mass is 9.91. The van der Waals surface area contributed by atoms with Crippen LogP contribution in [0.5, 0.6) is 0 Å². The first kappa shape index (κ1) is 12.9. The molecule has 0 saturated heterocycles. The van der Waals surface area contributed by atoms with Crippen molar-refractivity contribution >= 4 is 11.8 Å². The van der Waals surface area contributed by atoms with E-state index in [-0.39, 0.29) is 0 Å². The van der Waals surface area contributed by atoms with Gasteiger partial charge in [0.25, 0.3) is 0 Å². The minimum absolute atomic E-state index is 0.601. The van der Waals surface area contributed by atoms with Gasteiger partial charge in [0, 0.05) is 23.6 Å². The molecule has 2 rings (SSSR count). The molecule has 1 aliphatic rings. The van der Waals surface area contributed by atoms with Crippen LogP contribution in [0.15, 0.2) is 17.3 Å². The van der Waals surface area contributed by atoms with Gasteiger partial charge in [0.2, 0.25) is 0 Å². The molecule has 1 fully saturated rings. The van der Waals surface area contributed by atoms with Crippen molar-refractivity contribution in [3.63, 3.8) is 0 Å². The van der Waals surface area contributed by atoms with Crippen LogP contribution in [0.3, 0.4) is 0 Å². The monoisotopic (exact) mass is 250 g/mol. The summed E-state index contributed by atoms with van der Waals surface area (Å²) in [6.07, 6.45) is 7.31. The van der Waals surface area contributed by atoms with E-state index < -0.39 is 0 Å². The first-order valence-electron chi connectivity index (χ1n) is 6.52. The maximum Gasteiger partial charge on any atom is 0.101 e. The lowest BCUT2D eigenvalue weighted by molar-refractivity contribution is 0.394. The quantitative estimate of drug-likeness (QED) is 0.892. The zero-order chi connectivity index (χ0) is 12.3. The Kier molecular flexibility index (Phi) is 4.46. The highest BCUT2D eigenvalue weighted by molar-refractivity contribution is 7.99. The average Bonchev–Trinajstić information content (AvgIpc) is 2.29. The van der Waals surface area contributed by atoms with E-state index in [4.69, 9.17) is 5.73 Å². The largest absolute Gasteiger partial charge is 0.326 e. The second kappa shape index (κ2) is 5.87. The third-order valence-electron chi connectivity index (χ3n) is 3.62. The molecule has 94 valence electrons. The topological polar surface area (TPSA) is 38.9 Å². The van der Waals surface area contributed by atoms with Gasteiger partial charge in [-0.1, -0.05) is 19.8 Å². The summed E-state index contributed by atoms with van der Waals surface area (Å²) in [5, 5.41) is 1.89. The second-order valence-electron chi connectivity index (χ2n) is 5.13. The Morgan fingerprint density at radius 2 is 2.29 bits per heavy atom. The van der Waals surface area contributed by atoms with Crippen LogP contribution >= 0.6 is 11.8 Å². The summed E-state index contributed by atoms with van der Waals surface area (Å²) in [6.45, 7) is 5.09. The van der Waals surface area contributed by atoms with Gasteiger partial charge in [0.15, 0.2) is 0 Å². The van der Waals surface area contributed by atoms with E-state index >= 15 is 0 Å². The number of rotatable bonds is 3. The summed E-state index contributed by atoms with van der Waals surface area (Å²) in [7, 11) is 0. The first-order valence-corrected chi connectivity index (χ1v) is 7.40. The van der Waals surface area contributed by atoms with Crippen LogP contribution in [-0.2, 0) is 6.54 Å². The predicted molar refractivity (Wildman–Crippen MR) is 74.1 cm³/mol. The molecule has 1 aromatic rings. The standard InChI is InChI=1S/C14H22N2S/c1-10-4-3-5-12(8-10)17-14-13(9-15)11(2)6-7-16-14/h6-7,10,12H,3-5,8-9,15H2,1-2H3. The number of nitrogens with two attached hydrogens (primary N) is 1. The van der Waals surface area contributed by atoms with Crippen molar-refractivity contribution in [2.24, 2.45) is 11.7 Å². The van der Waals surface area contributed by atoms with Gasteiger partial charge in [0.05, 0.1) is 0 Å². The van der Waals surface area contributed by atoms with Gasteiger partial charge in [-0.25, -0.2) is 4.98 Å². The van der Waals surface area contributed by atoms with Gasteiger partial charge in [-0.15, -0.1) is 11.8 Å². The molecule has 2 nitrogen and oxygen atoms in total. The summed E-state index contributed by atoms with van der Waals surface area (Å²) < 4.78 is 0. The first-order chi connectivity index (χ1) is 8.20. The number of hydrogen-bond donors (Lipinski definition) is 1. The summed E-state index contributed by atoms with van der Waals surface area (Å²) >= 11 is 1.94. The van der Waals surface area contributed by atoms with E-state index in [9.17, 15) is 0 Å². The lowest BCUT2D eigenvalue weighted by Crippen LogP contribution is -2.16. The highest BCUT2D eigenvalue weighted by Crippen LogP contribution is 2.36.